The number of hydrogen-bond donors (Lipinski definition) is 2. The van der Waals surface area contributed by atoms with Crippen molar-refractivity contribution in [1.29, 1.82) is 0 Å². The van der Waals surface area contributed by atoms with Gasteiger partial charge >= 0.3 is 16.4 Å². The standard InChI is InChI=1S/C18H34O6S/c1-2-3-4-5-6-7-8-9-10-11-12-13-14-15-16-17(18(19)20)24-25(21,22)23/h9-10,17H,2-8,11-16H2,1H3,(H,19,20)(H,21,22,23)/b10-9-. The number of carboxylic acids is 1. The molecule has 0 spiro atoms. The lowest BCUT2D eigenvalue weighted by Gasteiger charge is -2.10. The molecule has 0 aliphatic heterocycles. The van der Waals surface area contributed by atoms with Crippen molar-refractivity contribution in [2.75, 3.05) is 0 Å². The Labute approximate surface area is 152 Å². The van der Waals surface area contributed by atoms with Crippen LogP contribution < -0.4 is 0 Å². The summed E-state index contributed by atoms with van der Waals surface area (Å²) in [4.78, 5) is 10.8. The Morgan fingerprint density at radius 3 is 1.88 bits per heavy atom. The molecule has 0 radical (unpaired) electrons. The van der Waals surface area contributed by atoms with Crippen LogP contribution in [0.25, 0.3) is 0 Å². The van der Waals surface area contributed by atoms with E-state index in [1.165, 1.54) is 38.5 Å². The Morgan fingerprint density at radius 2 is 1.40 bits per heavy atom. The zero-order valence-corrected chi connectivity index (χ0v) is 16.2. The average molecular weight is 379 g/mol. The van der Waals surface area contributed by atoms with E-state index in [1.54, 1.807) is 0 Å². The van der Waals surface area contributed by atoms with Crippen molar-refractivity contribution >= 4 is 16.4 Å². The summed E-state index contributed by atoms with van der Waals surface area (Å²) < 4.78 is 33.8. The normalized spacial score (nSPS) is 13.4. The Kier molecular flexibility index (Phi) is 14.8. The molecule has 0 saturated heterocycles. The topological polar surface area (TPSA) is 101 Å². The summed E-state index contributed by atoms with van der Waals surface area (Å²) >= 11 is 0. The zero-order chi connectivity index (χ0) is 19.0. The van der Waals surface area contributed by atoms with Gasteiger partial charge in [-0.15, -0.1) is 0 Å². The first-order valence-corrected chi connectivity index (χ1v) is 10.8. The van der Waals surface area contributed by atoms with Gasteiger partial charge in [-0.25, -0.2) is 8.98 Å². The number of rotatable bonds is 17. The van der Waals surface area contributed by atoms with Crippen LogP contribution in [-0.4, -0.2) is 30.2 Å². The summed E-state index contributed by atoms with van der Waals surface area (Å²) in [6.45, 7) is 2.22. The van der Waals surface area contributed by atoms with E-state index >= 15 is 0 Å². The zero-order valence-electron chi connectivity index (χ0n) is 15.4. The summed E-state index contributed by atoms with van der Waals surface area (Å²) in [6.07, 6.45) is 16.4. The molecular formula is C18H34O6S. The average Bonchev–Trinajstić information content (AvgIpc) is 2.52. The summed E-state index contributed by atoms with van der Waals surface area (Å²) in [5.74, 6) is -1.38. The maximum absolute atomic E-state index is 10.8. The van der Waals surface area contributed by atoms with Gasteiger partial charge in [-0.3, -0.25) is 4.55 Å². The third-order valence-electron chi connectivity index (χ3n) is 3.99. The van der Waals surface area contributed by atoms with Crippen LogP contribution in [0.2, 0.25) is 0 Å². The molecule has 0 aliphatic rings. The third kappa shape index (κ3) is 17.7. The Morgan fingerprint density at radius 1 is 0.920 bits per heavy atom. The van der Waals surface area contributed by atoms with E-state index in [9.17, 15) is 13.2 Å². The van der Waals surface area contributed by atoms with Crippen LogP contribution in [0.1, 0.15) is 90.4 Å². The largest absolute Gasteiger partial charge is 0.479 e. The fourth-order valence-electron chi connectivity index (χ4n) is 2.58. The van der Waals surface area contributed by atoms with Gasteiger partial charge in [-0.2, -0.15) is 8.42 Å². The number of allylic oxidation sites excluding steroid dienone is 2. The molecule has 0 fully saturated rings. The van der Waals surface area contributed by atoms with Gasteiger partial charge in [-0.1, -0.05) is 70.4 Å². The highest BCUT2D eigenvalue weighted by Crippen LogP contribution is 2.12. The van der Waals surface area contributed by atoms with Gasteiger partial charge in [-0.05, 0) is 32.1 Å². The first-order chi connectivity index (χ1) is 11.9. The number of hydrogen-bond acceptors (Lipinski definition) is 4. The summed E-state index contributed by atoms with van der Waals surface area (Å²) in [6, 6.07) is 0. The maximum Gasteiger partial charge on any atom is 0.398 e. The highest BCUT2D eigenvalue weighted by molar-refractivity contribution is 7.80. The molecule has 1 unspecified atom stereocenters. The molecule has 0 heterocycles. The second kappa shape index (κ2) is 15.3. The predicted octanol–water partition coefficient (Wildman–Crippen LogP) is 4.91. The number of aliphatic carboxylic acids is 1. The van der Waals surface area contributed by atoms with E-state index in [0.717, 1.165) is 32.1 Å². The Balaban J connectivity index is 3.53. The van der Waals surface area contributed by atoms with Gasteiger partial charge in [0.2, 0.25) is 0 Å². The van der Waals surface area contributed by atoms with Crippen LogP contribution in [0.15, 0.2) is 12.2 Å². The van der Waals surface area contributed by atoms with Crippen LogP contribution >= 0.6 is 0 Å². The lowest BCUT2D eigenvalue weighted by Crippen LogP contribution is -2.26. The third-order valence-corrected chi connectivity index (χ3v) is 4.47. The summed E-state index contributed by atoms with van der Waals surface area (Å²) in [5, 5.41) is 8.83. The van der Waals surface area contributed by atoms with Crippen molar-refractivity contribution in [2.45, 2.75) is 96.5 Å². The van der Waals surface area contributed by atoms with E-state index < -0.39 is 22.5 Å². The van der Waals surface area contributed by atoms with Crippen LogP contribution in [0, 0.1) is 0 Å². The van der Waals surface area contributed by atoms with E-state index in [2.05, 4.69) is 23.3 Å². The van der Waals surface area contributed by atoms with Crippen molar-refractivity contribution in [3.63, 3.8) is 0 Å². The van der Waals surface area contributed by atoms with Gasteiger partial charge in [0.1, 0.15) is 0 Å². The highest BCUT2D eigenvalue weighted by atomic mass is 32.3. The fraction of sp³-hybridized carbons (Fsp3) is 0.833. The second-order valence-corrected chi connectivity index (χ2v) is 7.42. The van der Waals surface area contributed by atoms with Gasteiger partial charge in [0.25, 0.3) is 0 Å². The molecule has 0 aromatic carbocycles. The minimum absolute atomic E-state index is 0.0724. The van der Waals surface area contributed by atoms with Crippen molar-refractivity contribution in [3.8, 4) is 0 Å². The molecule has 1 atom stereocenters. The van der Waals surface area contributed by atoms with E-state index in [1.807, 2.05) is 0 Å². The Hall–Kier alpha value is -0.920. The Bertz CT molecular complexity index is 458. The van der Waals surface area contributed by atoms with E-state index in [0.29, 0.717) is 6.42 Å². The minimum Gasteiger partial charge on any atom is -0.479 e. The molecule has 0 rings (SSSR count). The van der Waals surface area contributed by atoms with Crippen LogP contribution in [0.5, 0.6) is 0 Å². The van der Waals surface area contributed by atoms with Gasteiger partial charge < -0.3 is 5.11 Å². The molecule has 25 heavy (non-hydrogen) atoms. The molecular weight excluding hydrogens is 344 g/mol. The quantitative estimate of drug-likeness (QED) is 0.212. The van der Waals surface area contributed by atoms with Crippen molar-refractivity contribution in [1.82, 2.24) is 0 Å². The molecule has 148 valence electrons. The fourth-order valence-corrected chi connectivity index (χ4v) is 3.06. The molecule has 0 aliphatic carbocycles. The van der Waals surface area contributed by atoms with Crippen LogP contribution in [-0.2, 0) is 19.4 Å². The first kappa shape index (κ1) is 24.1. The van der Waals surface area contributed by atoms with Crippen LogP contribution in [0.4, 0.5) is 0 Å². The second-order valence-electron chi connectivity index (χ2n) is 6.37. The maximum atomic E-state index is 10.8. The monoisotopic (exact) mass is 378 g/mol. The predicted molar refractivity (Wildman–Crippen MR) is 98.9 cm³/mol. The van der Waals surface area contributed by atoms with Crippen molar-refractivity contribution < 1.29 is 27.1 Å². The highest BCUT2D eigenvalue weighted by Gasteiger charge is 2.23. The van der Waals surface area contributed by atoms with Crippen LogP contribution in [0.3, 0.4) is 0 Å². The van der Waals surface area contributed by atoms with Gasteiger partial charge in [0.15, 0.2) is 6.10 Å². The van der Waals surface area contributed by atoms with Gasteiger partial charge in [0.05, 0.1) is 0 Å². The number of carboxylic acid groups (broad SMARTS) is 1. The van der Waals surface area contributed by atoms with Crippen molar-refractivity contribution in [2.24, 2.45) is 0 Å². The van der Waals surface area contributed by atoms with Gasteiger partial charge in [0, 0.05) is 0 Å². The number of carbonyl (C=O) groups is 1. The molecule has 0 saturated carbocycles. The summed E-state index contributed by atoms with van der Waals surface area (Å²) in [5.41, 5.74) is 0. The molecule has 0 aromatic rings. The SMILES string of the molecule is CCCCCCCC/C=C\CCCCCCC(OS(=O)(=O)O)C(=O)O. The molecule has 0 aromatic heterocycles. The van der Waals surface area contributed by atoms with E-state index in [-0.39, 0.29) is 6.42 Å². The first-order valence-electron chi connectivity index (χ1n) is 9.40. The smallest absolute Gasteiger partial charge is 0.398 e. The minimum atomic E-state index is -4.73. The molecule has 0 amide bonds. The van der Waals surface area contributed by atoms with Crippen molar-refractivity contribution in [3.05, 3.63) is 12.2 Å². The lowest BCUT2D eigenvalue weighted by atomic mass is 10.1. The summed E-state index contributed by atoms with van der Waals surface area (Å²) in [7, 11) is -4.73. The van der Waals surface area contributed by atoms with E-state index in [4.69, 9.17) is 9.66 Å². The lowest BCUT2D eigenvalue weighted by molar-refractivity contribution is -0.145. The number of unbranched alkanes of at least 4 members (excludes halogenated alkanes) is 10. The molecule has 7 heteroatoms. The molecule has 6 nitrogen and oxygen atoms in total. The molecule has 2 N–H and O–H groups in total. The molecule has 0 bridgehead atoms.